The average Bonchev–Trinajstić information content (AvgIpc) is 2.43. The van der Waals surface area contributed by atoms with Crippen LogP contribution in [0.1, 0.15) is 90.4 Å². The van der Waals surface area contributed by atoms with Gasteiger partial charge in [0.1, 0.15) is 0 Å². The Kier molecular flexibility index (Phi) is 13.8. The summed E-state index contributed by atoms with van der Waals surface area (Å²) in [5, 5.41) is 10.4. The first-order valence-corrected chi connectivity index (χ1v) is 8.31. The number of carbonyl (C=O) groups excluding carboxylic acids is 1. The highest BCUT2D eigenvalue weighted by atomic mass is 16.6. The van der Waals surface area contributed by atoms with E-state index in [2.05, 4.69) is 6.92 Å². The maximum Gasteiger partial charge on any atom is 0.267 e. The Bertz CT molecular complexity index is 244. The number of carbonyl (C=O) groups is 1. The van der Waals surface area contributed by atoms with E-state index < -0.39 is 11.0 Å². The average molecular weight is 285 g/mol. The maximum absolute atomic E-state index is 10.4. The molecule has 0 aliphatic heterocycles. The molecule has 0 saturated heterocycles. The molecular formula is C16H31NO3. The van der Waals surface area contributed by atoms with Crippen LogP contribution in [0.5, 0.6) is 0 Å². The molecule has 4 heteroatoms. The molecule has 0 N–H and O–H groups in total. The molecule has 0 amide bonds. The first-order valence-electron chi connectivity index (χ1n) is 8.31. The van der Waals surface area contributed by atoms with Crippen molar-refractivity contribution in [2.75, 3.05) is 0 Å². The van der Waals surface area contributed by atoms with Crippen molar-refractivity contribution in [3.8, 4) is 0 Å². The Morgan fingerprint density at radius 1 is 0.850 bits per heavy atom. The normalized spacial score (nSPS) is 12.2. The Labute approximate surface area is 123 Å². The summed E-state index contributed by atoms with van der Waals surface area (Å²) in [6, 6.07) is -0.988. The molecule has 0 spiro atoms. The Hall–Kier alpha value is -0.930. The molecule has 1 atom stereocenters. The number of unbranched alkanes of at least 4 members (excludes halogenated alkanes) is 11. The van der Waals surface area contributed by atoms with Crippen LogP contribution in [0.4, 0.5) is 0 Å². The molecule has 20 heavy (non-hydrogen) atoms. The van der Waals surface area contributed by atoms with Crippen LogP contribution in [0.15, 0.2) is 0 Å². The number of nitro groups is 1. The van der Waals surface area contributed by atoms with E-state index in [0.717, 1.165) is 19.3 Å². The van der Waals surface area contributed by atoms with Crippen LogP contribution in [-0.4, -0.2) is 17.3 Å². The van der Waals surface area contributed by atoms with Crippen LogP contribution in [-0.2, 0) is 4.79 Å². The lowest BCUT2D eigenvalue weighted by Crippen LogP contribution is -2.20. The highest BCUT2D eigenvalue weighted by molar-refractivity contribution is 5.55. The van der Waals surface area contributed by atoms with Crippen molar-refractivity contribution in [3.05, 3.63) is 10.1 Å². The number of rotatable bonds is 15. The van der Waals surface area contributed by atoms with E-state index in [9.17, 15) is 14.9 Å². The Morgan fingerprint density at radius 2 is 1.25 bits per heavy atom. The van der Waals surface area contributed by atoms with Gasteiger partial charge < -0.3 is 0 Å². The molecule has 0 aromatic rings. The highest BCUT2D eigenvalue weighted by Crippen LogP contribution is 2.13. The van der Waals surface area contributed by atoms with Gasteiger partial charge in [0.15, 0.2) is 6.29 Å². The van der Waals surface area contributed by atoms with Crippen molar-refractivity contribution in [2.24, 2.45) is 0 Å². The largest absolute Gasteiger partial charge is 0.296 e. The first-order chi connectivity index (χ1) is 9.72. The first kappa shape index (κ1) is 19.1. The summed E-state index contributed by atoms with van der Waals surface area (Å²) in [4.78, 5) is 20.4. The van der Waals surface area contributed by atoms with Gasteiger partial charge in [0.25, 0.3) is 6.04 Å². The topological polar surface area (TPSA) is 60.2 Å². The molecule has 0 aliphatic carbocycles. The fourth-order valence-corrected chi connectivity index (χ4v) is 2.42. The summed E-state index contributed by atoms with van der Waals surface area (Å²) in [7, 11) is 0. The highest BCUT2D eigenvalue weighted by Gasteiger charge is 2.17. The molecule has 0 bridgehead atoms. The SMILES string of the molecule is CCCCCCCCCCCCCCC(C=O)[N+](=O)[O-]. The molecule has 0 rings (SSSR count). The molecular weight excluding hydrogens is 254 g/mol. The lowest BCUT2D eigenvalue weighted by atomic mass is 10.0. The lowest BCUT2D eigenvalue weighted by Gasteiger charge is -2.03. The van der Waals surface area contributed by atoms with Crippen molar-refractivity contribution in [1.29, 1.82) is 0 Å². The van der Waals surface area contributed by atoms with E-state index in [4.69, 9.17) is 0 Å². The van der Waals surface area contributed by atoms with Gasteiger partial charge in [-0.25, -0.2) is 0 Å². The number of hydrogen-bond donors (Lipinski definition) is 0. The maximum atomic E-state index is 10.4. The van der Waals surface area contributed by atoms with Gasteiger partial charge in [0.2, 0.25) is 0 Å². The zero-order valence-electron chi connectivity index (χ0n) is 13.0. The minimum Gasteiger partial charge on any atom is -0.296 e. The van der Waals surface area contributed by atoms with Gasteiger partial charge in [-0.2, -0.15) is 0 Å². The van der Waals surface area contributed by atoms with Crippen molar-refractivity contribution >= 4 is 6.29 Å². The fraction of sp³-hybridized carbons (Fsp3) is 0.938. The minimum absolute atomic E-state index is 0.397. The Morgan fingerprint density at radius 3 is 1.60 bits per heavy atom. The number of hydrogen-bond acceptors (Lipinski definition) is 3. The molecule has 0 aromatic carbocycles. The molecule has 0 saturated carbocycles. The molecule has 4 nitrogen and oxygen atoms in total. The zero-order chi connectivity index (χ0) is 15.1. The van der Waals surface area contributed by atoms with Crippen LogP contribution in [0.2, 0.25) is 0 Å². The molecule has 0 fully saturated rings. The molecule has 0 radical (unpaired) electrons. The van der Waals surface area contributed by atoms with Crippen molar-refractivity contribution < 1.29 is 9.72 Å². The van der Waals surface area contributed by atoms with E-state index in [-0.39, 0.29) is 0 Å². The van der Waals surface area contributed by atoms with Crippen molar-refractivity contribution in [3.63, 3.8) is 0 Å². The third kappa shape index (κ3) is 12.1. The second-order valence-electron chi connectivity index (χ2n) is 5.67. The van der Waals surface area contributed by atoms with Gasteiger partial charge in [0.05, 0.1) is 0 Å². The predicted molar refractivity (Wildman–Crippen MR) is 82.5 cm³/mol. The van der Waals surface area contributed by atoms with Crippen molar-refractivity contribution in [2.45, 2.75) is 96.4 Å². The monoisotopic (exact) mass is 285 g/mol. The van der Waals surface area contributed by atoms with E-state index in [1.54, 1.807) is 0 Å². The van der Waals surface area contributed by atoms with Gasteiger partial charge in [0, 0.05) is 11.3 Å². The van der Waals surface area contributed by atoms with E-state index in [1.165, 1.54) is 57.8 Å². The number of aldehydes is 1. The van der Waals surface area contributed by atoms with E-state index in [0.29, 0.717) is 12.7 Å². The predicted octanol–water partition coefficient (Wildman–Crippen LogP) is 4.92. The third-order valence-electron chi connectivity index (χ3n) is 3.78. The molecule has 1 unspecified atom stereocenters. The zero-order valence-corrected chi connectivity index (χ0v) is 13.0. The van der Waals surface area contributed by atoms with Crippen LogP contribution in [0, 0.1) is 10.1 Å². The molecule has 0 heterocycles. The molecule has 0 aromatic heterocycles. The van der Waals surface area contributed by atoms with Crippen LogP contribution in [0.3, 0.4) is 0 Å². The quantitative estimate of drug-likeness (QED) is 0.186. The van der Waals surface area contributed by atoms with Crippen LogP contribution < -0.4 is 0 Å². The van der Waals surface area contributed by atoms with Crippen LogP contribution >= 0.6 is 0 Å². The van der Waals surface area contributed by atoms with E-state index in [1.807, 2.05) is 0 Å². The Balaban J connectivity index is 3.17. The second kappa shape index (κ2) is 14.5. The summed E-state index contributed by atoms with van der Waals surface area (Å²) in [5.41, 5.74) is 0. The lowest BCUT2D eigenvalue weighted by molar-refractivity contribution is -0.506. The van der Waals surface area contributed by atoms with Gasteiger partial charge in [-0.15, -0.1) is 0 Å². The van der Waals surface area contributed by atoms with Gasteiger partial charge in [-0.3, -0.25) is 14.9 Å². The van der Waals surface area contributed by atoms with E-state index >= 15 is 0 Å². The number of nitrogens with zero attached hydrogens (tertiary/aromatic N) is 1. The summed E-state index contributed by atoms with van der Waals surface area (Å²) >= 11 is 0. The summed E-state index contributed by atoms with van der Waals surface area (Å²) in [5.74, 6) is 0. The summed E-state index contributed by atoms with van der Waals surface area (Å²) < 4.78 is 0. The molecule has 118 valence electrons. The molecule has 0 aliphatic rings. The van der Waals surface area contributed by atoms with Crippen LogP contribution in [0.25, 0.3) is 0 Å². The fourth-order valence-electron chi connectivity index (χ4n) is 2.42. The van der Waals surface area contributed by atoms with Crippen molar-refractivity contribution in [1.82, 2.24) is 0 Å². The summed E-state index contributed by atoms with van der Waals surface area (Å²) in [6.45, 7) is 2.24. The second-order valence-corrected chi connectivity index (χ2v) is 5.67. The third-order valence-corrected chi connectivity index (χ3v) is 3.78. The smallest absolute Gasteiger partial charge is 0.267 e. The van der Waals surface area contributed by atoms with Gasteiger partial charge >= 0.3 is 0 Å². The van der Waals surface area contributed by atoms with Gasteiger partial charge in [-0.1, -0.05) is 77.6 Å². The minimum atomic E-state index is -0.988. The standard InChI is InChI=1S/C16H31NO3/c1-2-3-4-5-6-7-8-9-10-11-12-13-14-16(15-18)17(19)20/h15-16H,2-14H2,1H3. The van der Waals surface area contributed by atoms with Gasteiger partial charge in [-0.05, 0) is 6.42 Å². The summed E-state index contributed by atoms with van der Waals surface area (Å²) in [6.07, 6.45) is 15.8.